The predicted molar refractivity (Wildman–Crippen MR) is 94.4 cm³/mol. The van der Waals surface area contributed by atoms with Crippen LogP contribution in [0, 0.1) is 5.82 Å². The van der Waals surface area contributed by atoms with Crippen LogP contribution in [0.25, 0.3) is 0 Å². The second-order valence-corrected chi connectivity index (χ2v) is 5.44. The summed E-state index contributed by atoms with van der Waals surface area (Å²) in [7, 11) is 0. The van der Waals surface area contributed by atoms with Crippen LogP contribution in [-0.2, 0) is 22.5 Å². The van der Waals surface area contributed by atoms with Crippen LogP contribution in [0.2, 0.25) is 0 Å². The van der Waals surface area contributed by atoms with Gasteiger partial charge in [0.15, 0.2) is 0 Å². The van der Waals surface area contributed by atoms with Gasteiger partial charge in [-0.2, -0.15) is 0 Å². The number of rotatable bonds is 8. The summed E-state index contributed by atoms with van der Waals surface area (Å²) in [6.45, 7) is 7.31. The molecule has 2 aromatic rings. The summed E-state index contributed by atoms with van der Waals surface area (Å²) in [4.78, 5) is 13.7. The summed E-state index contributed by atoms with van der Waals surface area (Å²) in [5.74, 6) is -0.461. The van der Waals surface area contributed by atoms with Crippen molar-refractivity contribution in [3.05, 3.63) is 78.1 Å². The molecule has 126 valence electrons. The molecule has 0 saturated carbocycles. The molecule has 0 aliphatic carbocycles. The van der Waals surface area contributed by atoms with Gasteiger partial charge in [-0.15, -0.1) is 6.58 Å². The van der Waals surface area contributed by atoms with E-state index in [0.717, 1.165) is 16.8 Å². The van der Waals surface area contributed by atoms with Crippen LogP contribution in [0.5, 0.6) is 0 Å². The highest BCUT2D eigenvalue weighted by atomic mass is 19.1. The Morgan fingerprint density at radius 1 is 1.12 bits per heavy atom. The molecule has 0 fully saturated rings. The third-order valence-electron chi connectivity index (χ3n) is 3.59. The summed E-state index contributed by atoms with van der Waals surface area (Å²) >= 11 is 0. The molecule has 3 nitrogen and oxygen atoms in total. The van der Waals surface area contributed by atoms with Crippen LogP contribution < -0.4 is 4.90 Å². The zero-order valence-electron chi connectivity index (χ0n) is 13.9. The first-order valence-corrected chi connectivity index (χ1v) is 7.97. The number of anilines is 1. The first kappa shape index (κ1) is 17.7. The normalized spacial score (nSPS) is 10.2. The molecule has 0 aliphatic heterocycles. The molecular formula is C20H22FNO2. The minimum atomic E-state index is -0.239. The lowest BCUT2D eigenvalue weighted by atomic mass is 10.1. The molecule has 4 heteroatoms. The van der Waals surface area contributed by atoms with E-state index >= 15 is 0 Å². The van der Waals surface area contributed by atoms with Crippen LogP contribution in [-0.4, -0.2) is 19.1 Å². The molecule has 2 rings (SSSR count). The van der Waals surface area contributed by atoms with Gasteiger partial charge < -0.3 is 9.64 Å². The van der Waals surface area contributed by atoms with Crippen LogP contribution >= 0.6 is 0 Å². The van der Waals surface area contributed by atoms with Crippen molar-refractivity contribution in [2.45, 2.75) is 19.9 Å². The van der Waals surface area contributed by atoms with Gasteiger partial charge in [0.2, 0.25) is 0 Å². The molecular weight excluding hydrogens is 305 g/mol. The fourth-order valence-corrected chi connectivity index (χ4v) is 2.43. The maximum Gasteiger partial charge on any atom is 0.310 e. The van der Waals surface area contributed by atoms with Crippen molar-refractivity contribution < 1.29 is 13.9 Å². The number of ether oxygens (including phenoxy) is 1. The van der Waals surface area contributed by atoms with Crippen LogP contribution in [0.4, 0.5) is 10.1 Å². The van der Waals surface area contributed by atoms with Crippen LogP contribution in [0.15, 0.2) is 61.2 Å². The monoisotopic (exact) mass is 327 g/mol. The highest BCUT2D eigenvalue weighted by Gasteiger charge is 2.08. The zero-order chi connectivity index (χ0) is 17.4. The zero-order valence-corrected chi connectivity index (χ0v) is 13.9. The van der Waals surface area contributed by atoms with E-state index in [-0.39, 0.29) is 18.2 Å². The number of benzene rings is 2. The summed E-state index contributed by atoms with van der Waals surface area (Å²) in [6, 6.07) is 14.3. The number of hydrogen-bond donors (Lipinski definition) is 0. The second-order valence-electron chi connectivity index (χ2n) is 5.44. The van der Waals surface area contributed by atoms with E-state index in [9.17, 15) is 9.18 Å². The lowest BCUT2D eigenvalue weighted by Gasteiger charge is -2.23. The summed E-state index contributed by atoms with van der Waals surface area (Å²) in [5, 5.41) is 0. The third kappa shape index (κ3) is 5.23. The van der Waals surface area contributed by atoms with Gasteiger partial charge in [-0.05, 0) is 42.3 Å². The van der Waals surface area contributed by atoms with Crippen LogP contribution in [0.1, 0.15) is 18.1 Å². The highest BCUT2D eigenvalue weighted by molar-refractivity contribution is 5.72. The summed E-state index contributed by atoms with van der Waals surface area (Å²) in [6.07, 6.45) is 2.10. The van der Waals surface area contributed by atoms with Crippen molar-refractivity contribution in [2.24, 2.45) is 0 Å². The van der Waals surface area contributed by atoms with Gasteiger partial charge in [0, 0.05) is 18.8 Å². The molecule has 0 aliphatic rings. The largest absolute Gasteiger partial charge is 0.466 e. The van der Waals surface area contributed by atoms with E-state index in [4.69, 9.17) is 4.74 Å². The molecule has 0 heterocycles. The molecule has 0 bridgehead atoms. The molecule has 0 unspecified atom stereocenters. The Kier molecular flexibility index (Phi) is 6.55. The molecule has 0 aromatic heterocycles. The Balaban J connectivity index is 2.08. The van der Waals surface area contributed by atoms with E-state index < -0.39 is 0 Å². The van der Waals surface area contributed by atoms with Crippen molar-refractivity contribution in [3.8, 4) is 0 Å². The smallest absolute Gasteiger partial charge is 0.310 e. The Bertz CT molecular complexity index is 665. The fourth-order valence-electron chi connectivity index (χ4n) is 2.43. The van der Waals surface area contributed by atoms with Gasteiger partial charge in [-0.3, -0.25) is 4.79 Å². The Hall–Kier alpha value is -2.62. The number of hydrogen-bond acceptors (Lipinski definition) is 3. The molecule has 0 spiro atoms. The number of esters is 1. The average Bonchev–Trinajstić information content (AvgIpc) is 2.57. The molecule has 2 aromatic carbocycles. The fraction of sp³-hybridized carbons (Fsp3) is 0.250. The molecule has 0 atom stereocenters. The van der Waals surface area contributed by atoms with Crippen LogP contribution in [0.3, 0.4) is 0 Å². The lowest BCUT2D eigenvalue weighted by Crippen LogP contribution is -2.22. The minimum Gasteiger partial charge on any atom is -0.466 e. The Morgan fingerprint density at radius 3 is 2.33 bits per heavy atom. The van der Waals surface area contributed by atoms with Gasteiger partial charge in [0.25, 0.3) is 0 Å². The third-order valence-corrected chi connectivity index (χ3v) is 3.59. The van der Waals surface area contributed by atoms with E-state index in [0.29, 0.717) is 19.7 Å². The van der Waals surface area contributed by atoms with E-state index in [2.05, 4.69) is 11.5 Å². The van der Waals surface area contributed by atoms with E-state index in [1.54, 1.807) is 19.1 Å². The Morgan fingerprint density at radius 2 is 1.75 bits per heavy atom. The molecule has 0 saturated heterocycles. The maximum absolute atomic E-state index is 13.0. The van der Waals surface area contributed by atoms with Gasteiger partial charge in [0.1, 0.15) is 5.82 Å². The number of carbonyl (C=O) groups is 1. The minimum absolute atomic E-state index is 0.223. The predicted octanol–water partition coefficient (Wildman–Crippen LogP) is 4.12. The molecule has 0 amide bonds. The van der Waals surface area contributed by atoms with Crippen molar-refractivity contribution >= 4 is 11.7 Å². The number of nitrogens with zero attached hydrogens (tertiary/aromatic N) is 1. The lowest BCUT2D eigenvalue weighted by molar-refractivity contribution is -0.142. The number of halogens is 1. The second kappa shape index (κ2) is 8.87. The van der Waals surface area contributed by atoms with E-state index in [1.807, 2.05) is 30.3 Å². The molecule has 0 N–H and O–H groups in total. The van der Waals surface area contributed by atoms with Gasteiger partial charge in [0.05, 0.1) is 13.0 Å². The van der Waals surface area contributed by atoms with E-state index in [1.165, 1.54) is 12.1 Å². The Labute approximate surface area is 142 Å². The first-order chi connectivity index (χ1) is 11.6. The first-order valence-electron chi connectivity index (χ1n) is 7.97. The SMILES string of the molecule is C=CCN(Cc1ccc(F)cc1)c1ccc(CC(=O)OCC)cc1. The number of carbonyl (C=O) groups excluding carboxylic acids is 1. The van der Waals surface area contributed by atoms with Gasteiger partial charge >= 0.3 is 5.97 Å². The maximum atomic E-state index is 13.0. The highest BCUT2D eigenvalue weighted by Crippen LogP contribution is 2.19. The van der Waals surface area contributed by atoms with Crippen molar-refractivity contribution in [3.63, 3.8) is 0 Å². The van der Waals surface area contributed by atoms with Crippen molar-refractivity contribution in [1.82, 2.24) is 0 Å². The standard InChI is InChI=1S/C20H22FNO2/c1-3-13-22(15-17-5-9-18(21)10-6-17)19-11-7-16(8-12-19)14-20(23)24-4-2/h3,5-12H,1,4,13-15H2,2H3. The molecule has 24 heavy (non-hydrogen) atoms. The average molecular weight is 327 g/mol. The van der Waals surface area contributed by atoms with Crippen molar-refractivity contribution in [1.29, 1.82) is 0 Å². The van der Waals surface area contributed by atoms with Crippen molar-refractivity contribution in [2.75, 3.05) is 18.1 Å². The summed E-state index contributed by atoms with van der Waals surface area (Å²) < 4.78 is 18.0. The van der Waals surface area contributed by atoms with Gasteiger partial charge in [-0.1, -0.05) is 30.3 Å². The summed E-state index contributed by atoms with van der Waals surface area (Å²) in [5.41, 5.74) is 2.96. The molecule has 0 radical (unpaired) electrons. The van der Waals surface area contributed by atoms with Gasteiger partial charge in [-0.25, -0.2) is 4.39 Å². The topological polar surface area (TPSA) is 29.5 Å². The quantitative estimate of drug-likeness (QED) is 0.539.